The number of hydrogen-bond acceptors (Lipinski definition) is 1. The largest absolute Gasteiger partial charge is 0.313 e. The lowest BCUT2D eigenvalue weighted by Crippen LogP contribution is -2.14. The molecule has 0 bridgehead atoms. The molecule has 2 aromatic carbocycles. The van der Waals surface area contributed by atoms with E-state index in [2.05, 4.69) is 12.2 Å². The van der Waals surface area contributed by atoms with Crippen LogP contribution in [-0.4, -0.2) is 6.54 Å². The van der Waals surface area contributed by atoms with Gasteiger partial charge in [0.05, 0.1) is 0 Å². The van der Waals surface area contributed by atoms with Crippen molar-refractivity contribution in [2.24, 2.45) is 0 Å². The normalized spacial score (nSPS) is 10.9. The summed E-state index contributed by atoms with van der Waals surface area (Å²) in [6.07, 6.45) is 1.05. The van der Waals surface area contributed by atoms with Gasteiger partial charge in [-0.3, -0.25) is 0 Å². The maximum atomic E-state index is 14.2. The summed E-state index contributed by atoms with van der Waals surface area (Å²) in [6, 6.07) is 8.53. The number of benzene rings is 2. The Kier molecular flexibility index (Phi) is 5.07. The molecule has 0 aromatic heterocycles. The monoisotopic (exact) mass is 289 g/mol. The molecule has 0 aliphatic heterocycles. The van der Waals surface area contributed by atoms with Gasteiger partial charge in [-0.2, -0.15) is 0 Å². The zero-order valence-electron chi connectivity index (χ0n) is 12.8. The van der Waals surface area contributed by atoms with Crippen LogP contribution in [0.2, 0.25) is 0 Å². The predicted octanol–water partition coefficient (Wildman–Crippen LogP) is 4.75. The molecule has 1 nitrogen and oxygen atoms in total. The first kappa shape index (κ1) is 15.6. The van der Waals surface area contributed by atoms with Crippen molar-refractivity contribution in [2.45, 2.75) is 33.7 Å². The van der Waals surface area contributed by atoms with Crippen LogP contribution in [0.5, 0.6) is 0 Å². The van der Waals surface area contributed by atoms with Crippen molar-refractivity contribution in [2.75, 3.05) is 6.54 Å². The summed E-state index contributed by atoms with van der Waals surface area (Å²) in [4.78, 5) is 0. The van der Waals surface area contributed by atoms with Crippen molar-refractivity contribution < 1.29 is 8.78 Å². The van der Waals surface area contributed by atoms with E-state index in [0.29, 0.717) is 17.7 Å². The second-order valence-electron chi connectivity index (χ2n) is 5.42. The molecule has 0 aliphatic rings. The van der Waals surface area contributed by atoms with Gasteiger partial charge in [0.1, 0.15) is 11.6 Å². The minimum atomic E-state index is -0.513. The van der Waals surface area contributed by atoms with Crippen LogP contribution in [-0.2, 0) is 6.54 Å². The van der Waals surface area contributed by atoms with E-state index < -0.39 is 11.6 Å². The molecular weight excluding hydrogens is 268 g/mol. The van der Waals surface area contributed by atoms with Crippen molar-refractivity contribution in [1.82, 2.24) is 5.32 Å². The van der Waals surface area contributed by atoms with Crippen LogP contribution in [0, 0.1) is 25.5 Å². The lowest BCUT2D eigenvalue weighted by molar-refractivity contribution is 0.579. The van der Waals surface area contributed by atoms with E-state index in [-0.39, 0.29) is 0 Å². The molecule has 3 heteroatoms. The van der Waals surface area contributed by atoms with Crippen molar-refractivity contribution in [1.29, 1.82) is 0 Å². The second kappa shape index (κ2) is 6.81. The van der Waals surface area contributed by atoms with Crippen LogP contribution in [0.15, 0.2) is 30.3 Å². The average molecular weight is 289 g/mol. The Bertz CT molecular complexity index is 635. The summed E-state index contributed by atoms with van der Waals surface area (Å²) in [6.45, 7) is 7.33. The van der Waals surface area contributed by atoms with Crippen LogP contribution < -0.4 is 5.32 Å². The van der Waals surface area contributed by atoms with E-state index in [1.165, 1.54) is 0 Å². The molecule has 0 heterocycles. The molecule has 2 aromatic rings. The van der Waals surface area contributed by atoms with E-state index in [0.717, 1.165) is 35.7 Å². The summed E-state index contributed by atoms with van der Waals surface area (Å²) in [5, 5.41) is 3.33. The Hall–Kier alpha value is -1.74. The van der Waals surface area contributed by atoms with Crippen molar-refractivity contribution in [3.05, 3.63) is 58.7 Å². The third-order valence-electron chi connectivity index (χ3n) is 3.55. The minimum Gasteiger partial charge on any atom is -0.313 e. The fourth-order valence-corrected chi connectivity index (χ4v) is 2.36. The molecule has 0 spiro atoms. The van der Waals surface area contributed by atoms with Gasteiger partial charge in [-0.25, -0.2) is 8.78 Å². The number of rotatable bonds is 5. The summed E-state index contributed by atoms with van der Waals surface area (Å²) >= 11 is 0. The highest BCUT2D eigenvalue weighted by molar-refractivity contribution is 5.69. The Morgan fingerprint density at radius 3 is 2.43 bits per heavy atom. The van der Waals surface area contributed by atoms with E-state index in [9.17, 15) is 8.78 Å². The van der Waals surface area contributed by atoms with Crippen LogP contribution in [0.25, 0.3) is 11.1 Å². The molecule has 1 N–H and O–H groups in total. The van der Waals surface area contributed by atoms with Gasteiger partial charge in [-0.15, -0.1) is 0 Å². The van der Waals surface area contributed by atoms with Gasteiger partial charge < -0.3 is 5.32 Å². The molecule has 0 saturated heterocycles. The average Bonchev–Trinajstić information content (AvgIpc) is 2.45. The van der Waals surface area contributed by atoms with Crippen molar-refractivity contribution >= 4 is 0 Å². The molecule has 0 unspecified atom stereocenters. The molecular formula is C18H21F2N. The predicted molar refractivity (Wildman–Crippen MR) is 83.3 cm³/mol. The zero-order valence-corrected chi connectivity index (χ0v) is 12.8. The fourth-order valence-electron chi connectivity index (χ4n) is 2.36. The lowest BCUT2D eigenvalue weighted by atomic mass is 9.95. The van der Waals surface area contributed by atoms with E-state index in [4.69, 9.17) is 0 Å². The second-order valence-corrected chi connectivity index (χ2v) is 5.42. The molecule has 21 heavy (non-hydrogen) atoms. The topological polar surface area (TPSA) is 12.0 Å². The van der Waals surface area contributed by atoms with Gasteiger partial charge in [-0.1, -0.05) is 30.7 Å². The summed E-state index contributed by atoms with van der Waals surface area (Å²) in [7, 11) is 0. The summed E-state index contributed by atoms with van der Waals surface area (Å²) < 4.78 is 27.6. The van der Waals surface area contributed by atoms with Gasteiger partial charge in [0.25, 0.3) is 0 Å². The van der Waals surface area contributed by atoms with E-state index >= 15 is 0 Å². The van der Waals surface area contributed by atoms with E-state index in [1.807, 2.05) is 25.1 Å². The Balaban J connectivity index is 2.46. The van der Waals surface area contributed by atoms with Crippen molar-refractivity contribution in [3.8, 4) is 11.1 Å². The number of hydrogen-bond donors (Lipinski definition) is 1. The van der Waals surface area contributed by atoms with Gasteiger partial charge in [0, 0.05) is 18.2 Å². The van der Waals surface area contributed by atoms with Crippen molar-refractivity contribution in [3.63, 3.8) is 0 Å². The smallest absolute Gasteiger partial charge is 0.133 e. The number of aryl methyl sites for hydroxylation is 2. The van der Waals surface area contributed by atoms with Crippen LogP contribution in [0.4, 0.5) is 8.78 Å². The Morgan fingerprint density at radius 2 is 1.71 bits per heavy atom. The zero-order chi connectivity index (χ0) is 15.4. The molecule has 2 rings (SSSR count). The number of nitrogens with one attached hydrogen (secondary N) is 1. The SMILES string of the molecule is CCCNCc1ccc(C)cc1-c1cc(C)c(F)cc1F. The molecule has 0 atom stereocenters. The Labute approximate surface area is 125 Å². The van der Waals surface area contributed by atoms with Crippen LogP contribution in [0.3, 0.4) is 0 Å². The van der Waals surface area contributed by atoms with E-state index in [1.54, 1.807) is 13.0 Å². The van der Waals surface area contributed by atoms with Gasteiger partial charge in [0.2, 0.25) is 0 Å². The quantitative estimate of drug-likeness (QED) is 0.783. The summed E-state index contributed by atoms with van der Waals surface area (Å²) in [5.41, 5.74) is 3.84. The van der Waals surface area contributed by atoms with Gasteiger partial charge in [-0.05, 0) is 49.6 Å². The first-order chi connectivity index (χ1) is 10.0. The van der Waals surface area contributed by atoms with Gasteiger partial charge in [0.15, 0.2) is 0 Å². The van der Waals surface area contributed by atoms with Crippen LogP contribution in [0.1, 0.15) is 30.0 Å². The maximum absolute atomic E-state index is 14.2. The third-order valence-corrected chi connectivity index (χ3v) is 3.55. The van der Waals surface area contributed by atoms with Crippen LogP contribution >= 0.6 is 0 Å². The molecule has 0 aliphatic carbocycles. The minimum absolute atomic E-state index is 0.459. The molecule has 0 saturated carbocycles. The highest BCUT2D eigenvalue weighted by atomic mass is 19.1. The maximum Gasteiger partial charge on any atom is 0.133 e. The molecule has 0 fully saturated rings. The highest BCUT2D eigenvalue weighted by Crippen LogP contribution is 2.29. The highest BCUT2D eigenvalue weighted by Gasteiger charge is 2.13. The molecule has 0 amide bonds. The molecule has 112 valence electrons. The first-order valence-corrected chi connectivity index (χ1v) is 7.29. The fraction of sp³-hybridized carbons (Fsp3) is 0.333. The summed E-state index contributed by atoms with van der Waals surface area (Å²) in [5.74, 6) is -1.02. The van der Waals surface area contributed by atoms with Gasteiger partial charge >= 0.3 is 0 Å². The lowest BCUT2D eigenvalue weighted by Gasteiger charge is -2.13. The third kappa shape index (κ3) is 3.67. The number of halogens is 2. The molecule has 0 radical (unpaired) electrons. The Morgan fingerprint density at radius 1 is 0.952 bits per heavy atom. The first-order valence-electron chi connectivity index (χ1n) is 7.29. The standard InChI is InChI=1S/C18H21F2N/c1-4-7-21-11-14-6-5-12(2)8-15(14)16-9-13(3)17(19)10-18(16)20/h5-6,8-10,21H,4,7,11H2,1-3H3.